The number of fused-ring (bicyclic) bond motifs is 1. The second-order valence-electron chi connectivity index (χ2n) is 5.65. The molecule has 0 aliphatic rings. The Balaban J connectivity index is 1.95. The quantitative estimate of drug-likeness (QED) is 0.617. The number of aromatic amines is 1. The van der Waals surface area contributed by atoms with Gasteiger partial charge in [-0.1, -0.05) is 24.3 Å². The molecule has 2 aromatic heterocycles. The Bertz CT molecular complexity index is 1010. The lowest BCUT2D eigenvalue weighted by molar-refractivity contribution is 0.397. The van der Waals surface area contributed by atoms with Crippen molar-refractivity contribution in [1.29, 1.82) is 0 Å². The van der Waals surface area contributed by atoms with Crippen molar-refractivity contribution in [3.63, 3.8) is 0 Å². The number of aryl methyl sites for hydroxylation is 1. The van der Waals surface area contributed by atoms with Crippen LogP contribution < -0.4 is 9.47 Å². The van der Waals surface area contributed by atoms with Crippen molar-refractivity contribution in [1.82, 2.24) is 19.7 Å². The van der Waals surface area contributed by atoms with E-state index in [0.717, 1.165) is 28.1 Å². The van der Waals surface area contributed by atoms with Crippen molar-refractivity contribution in [3.05, 3.63) is 54.2 Å². The Morgan fingerprint density at radius 3 is 2.24 bits per heavy atom. The summed E-state index contributed by atoms with van der Waals surface area (Å²) in [6.07, 6.45) is 0. The van der Waals surface area contributed by atoms with Crippen LogP contribution in [0.1, 0.15) is 5.69 Å². The van der Waals surface area contributed by atoms with E-state index in [1.807, 2.05) is 60.1 Å². The van der Waals surface area contributed by atoms with Gasteiger partial charge in [-0.2, -0.15) is 5.10 Å². The Kier molecular flexibility index (Phi) is 3.65. The molecule has 0 aliphatic carbocycles. The van der Waals surface area contributed by atoms with Gasteiger partial charge >= 0.3 is 0 Å². The van der Waals surface area contributed by atoms with Gasteiger partial charge in [-0.3, -0.25) is 0 Å². The fourth-order valence-corrected chi connectivity index (χ4v) is 2.97. The summed E-state index contributed by atoms with van der Waals surface area (Å²) in [6.45, 7) is 1.96. The van der Waals surface area contributed by atoms with Crippen LogP contribution in [0.15, 0.2) is 48.5 Å². The van der Waals surface area contributed by atoms with E-state index < -0.39 is 0 Å². The number of rotatable bonds is 4. The van der Waals surface area contributed by atoms with Gasteiger partial charge in [0.1, 0.15) is 28.4 Å². The zero-order valence-corrected chi connectivity index (χ0v) is 14.3. The van der Waals surface area contributed by atoms with Gasteiger partial charge in [-0.15, -0.1) is 0 Å². The third-order valence-electron chi connectivity index (χ3n) is 4.16. The second-order valence-corrected chi connectivity index (χ2v) is 5.65. The molecule has 126 valence electrons. The zero-order chi connectivity index (χ0) is 17.4. The molecule has 0 saturated carbocycles. The Labute approximate surface area is 145 Å². The SMILES string of the molecule is COc1cccc(OC)c1-c1nc2c([nH]1)c(C)nn2-c1ccccc1. The minimum atomic E-state index is 0.689. The smallest absolute Gasteiger partial charge is 0.181 e. The second kappa shape index (κ2) is 5.98. The molecule has 0 atom stereocenters. The van der Waals surface area contributed by atoms with Crippen molar-refractivity contribution < 1.29 is 9.47 Å². The van der Waals surface area contributed by atoms with Crippen molar-refractivity contribution in [3.8, 4) is 28.6 Å². The van der Waals surface area contributed by atoms with Crippen LogP contribution in [-0.2, 0) is 0 Å². The van der Waals surface area contributed by atoms with Crippen LogP contribution in [0.2, 0.25) is 0 Å². The lowest BCUT2D eigenvalue weighted by Crippen LogP contribution is -1.98. The van der Waals surface area contributed by atoms with Gasteiger partial charge in [0.25, 0.3) is 0 Å². The van der Waals surface area contributed by atoms with Crippen LogP contribution >= 0.6 is 0 Å². The number of para-hydroxylation sites is 1. The van der Waals surface area contributed by atoms with Gasteiger partial charge in [0.2, 0.25) is 0 Å². The summed E-state index contributed by atoms with van der Waals surface area (Å²) in [5, 5.41) is 4.60. The van der Waals surface area contributed by atoms with Gasteiger partial charge in [0.05, 0.1) is 25.6 Å². The van der Waals surface area contributed by atoms with Gasteiger partial charge in [-0.05, 0) is 31.2 Å². The number of ether oxygens (including phenoxy) is 2. The average Bonchev–Trinajstić information content (AvgIpc) is 3.22. The number of benzene rings is 2. The molecule has 0 fully saturated rings. The first-order chi connectivity index (χ1) is 12.2. The van der Waals surface area contributed by atoms with E-state index in [0.29, 0.717) is 17.3 Å². The Hall–Kier alpha value is -3.28. The molecular weight excluding hydrogens is 316 g/mol. The highest BCUT2D eigenvalue weighted by Gasteiger charge is 2.20. The van der Waals surface area contributed by atoms with E-state index in [4.69, 9.17) is 14.5 Å². The lowest BCUT2D eigenvalue weighted by Gasteiger charge is -2.10. The molecule has 6 heteroatoms. The fourth-order valence-electron chi connectivity index (χ4n) is 2.97. The summed E-state index contributed by atoms with van der Waals surface area (Å²) in [5.74, 6) is 2.09. The monoisotopic (exact) mass is 334 g/mol. The van der Waals surface area contributed by atoms with Crippen LogP contribution in [0.25, 0.3) is 28.2 Å². The minimum absolute atomic E-state index is 0.689. The summed E-state index contributed by atoms with van der Waals surface area (Å²) in [4.78, 5) is 8.15. The van der Waals surface area contributed by atoms with Crippen LogP contribution in [0.3, 0.4) is 0 Å². The van der Waals surface area contributed by atoms with Crippen molar-refractivity contribution >= 4 is 11.2 Å². The summed E-state index contributed by atoms with van der Waals surface area (Å²) in [6, 6.07) is 15.6. The van der Waals surface area contributed by atoms with E-state index in [9.17, 15) is 0 Å². The maximum atomic E-state index is 5.50. The highest BCUT2D eigenvalue weighted by atomic mass is 16.5. The van der Waals surface area contributed by atoms with E-state index in [1.54, 1.807) is 14.2 Å². The molecule has 0 radical (unpaired) electrons. The van der Waals surface area contributed by atoms with Gasteiger partial charge in [-0.25, -0.2) is 9.67 Å². The molecule has 0 unspecified atom stereocenters. The Morgan fingerprint density at radius 1 is 0.920 bits per heavy atom. The number of imidazole rings is 1. The van der Waals surface area contributed by atoms with Crippen LogP contribution in [0.5, 0.6) is 11.5 Å². The summed E-state index contributed by atoms with van der Waals surface area (Å²) < 4.78 is 12.8. The predicted molar refractivity (Wildman–Crippen MR) is 96.5 cm³/mol. The molecule has 0 aliphatic heterocycles. The molecular formula is C19H18N4O2. The normalized spacial score (nSPS) is 11.0. The number of hydrogen-bond acceptors (Lipinski definition) is 4. The largest absolute Gasteiger partial charge is 0.496 e. The molecule has 0 bridgehead atoms. The molecule has 6 nitrogen and oxygen atoms in total. The first-order valence-corrected chi connectivity index (χ1v) is 7.95. The standard InChI is InChI=1S/C19H18N4O2/c1-12-17-19(23(22-12)13-8-5-4-6-9-13)21-18(20-17)16-14(24-2)10-7-11-15(16)25-3/h4-11H,1-3H3,(H,20,21). The van der Waals surface area contributed by atoms with Gasteiger partial charge < -0.3 is 14.5 Å². The van der Waals surface area contributed by atoms with E-state index in [1.165, 1.54) is 0 Å². The molecule has 0 spiro atoms. The number of methoxy groups -OCH3 is 2. The van der Waals surface area contributed by atoms with Crippen molar-refractivity contribution in [2.75, 3.05) is 14.2 Å². The zero-order valence-electron chi connectivity index (χ0n) is 14.3. The van der Waals surface area contributed by atoms with E-state index >= 15 is 0 Å². The fraction of sp³-hybridized carbons (Fsp3) is 0.158. The number of aromatic nitrogens is 4. The molecule has 2 aromatic carbocycles. The molecule has 25 heavy (non-hydrogen) atoms. The first-order valence-electron chi connectivity index (χ1n) is 7.95. The highest BCUT2D eigenvalue weighted by molar-refractivity contribution is 5.83. The van der Waals surface area contributed by atoms with Crippen LogP contribution in [0.4, 0.5) is 0 Å². The number of nitrogens with zero attached hydrogens (tertiary/aromatic N) is 3. The molecule has 0 saturated heterocycles. The predicted octanol–water partition coefficient (Wildman–Crippen LogP) is 3.74. The third-order valence-corrected chi connectivity index (χ3v) is 4.16. The van der Waals surface area contributed by atoms with E-state index in [2.05, 4.69) is 10.1 Å². The van der Waals surface area contributed by atoms with Crippen LogP contribution in [-0.4, -0.2) is 34.0 Å². The average molecular weight is 334 g/mol. The lowest BCUT2D eigenvalue weighted by atomic mass is 10.1. The summed E-state index contributed by atoms with van der Waals surface area (Å²) in [7, 11) is 3.27. The highest BCUT2D eigenvalue weighted by Crippen LogP contribution is 2.37. The third kappa shape index (κ3) is 2.42. The van der Waals surface area contributed by atoms with Crippen molar-refractivity contribution in [2.45, 2.75) is 6.92 Å². The first kappa shape index (κ1) is 15.3. The molecule has 2 heterocycles. The van der Waals surface area contributed by atoms with Gasteiger partial charge in [0.15, 0.2) is 5.65 Å². The van der Waals surface area contributed by atoms with Crippen LogP contribution in [0, 0.1) is 6.92 Å². The maximum Gasteiger partial charge on any atom is 0.181 e. The minimum Gasteiger partial charge on any atom is -0.496 e. The Morgan fingerprint density at radius 2 is 1.60 bits per heavy atom. The number of hydrogen-bond donors (Lipinski definition) is 1. The molecule has 0 amide bonds. The molecule has 4 rings (SSSR count). The molecule has 1 N–H and O–H groups in total. The summed E-state index contributed by atoms with van der Waals surface area (Å²) >= 11 is 0. The number of H-pyrrole nitrogens is 1. The van der Waals surface area contributed by atoms with E-state index in [-0.39, 0.29) is 0 Å². The topological polar surface area (TPSA) is 65.0 Å². The van der Waals surface area contributed by atoms with Gasteiger partial charge in [0, 0.05) is 0 Å². The number of nitrogens with one attached hydrogen (secondary N) is 1. The maximum absolute atomic E-state index is 5.50. The van der Waals surface area contributed by atoms with Crippen molar-refractivity contribution in [2.24, 2.45) is 0 Å². The molecule has 4 aromatic rings. The summed E-state index contributed by atoms with van der Waals surface area (Å²) in [5.41, 5.74) is 4.30.